The van der Waals surface area contributed by atoms with E-state index in [-0.39, 0.29) is 11.9 Å². The van der Waals surface area contributed by atoms with Crippen molar-refractivity contribution in [3.8, 4) is 11.5 Å². The summed E-state index contributed by atoms with van der Waals surface area (Å²) >= 11 is 1.45. The number of amides is 1. The highest BCUT2D eigenvalue weighted by Gasteiger charge is 2.16. The standard InChI is InChI=1S/C18H23NO4S/c1-12-7-10-24-17(12)18(20)19-13(2)14-5-6-15(16(11-14)22-4)23-9-8-21-3/h5-7,10-11,13H,8-9H2,1-4H3,(H,19,20). The Balaban J connectivity index is 2.07. The van der Waals surface area contributed by atoms with Crippen LogP contribution in [-0.2, 0) is 4.74 Å². The summed E-state index contributed by atoms with van der Waals surface area (Å²) < 4.78 is 16.0. The van der Waals surface area contributed by atoms with Crippen LogP contribution in [0.1, 0.15) is 33.8 Å². The van der Waals surface area contributed by atoms with Crippen molar-refractivity contribution in [3.63, 3.8) is 0 Å². The maximum Gasteiger partial charge on any atom is 0.262 e. The highest BCUT2D eigenvalue weighted by atomic mass is 32.1. The number of benzene rings is 1. The molecule has 24 heavy (non-hydrogen) atoms. The second kappa shape index (κ2) is 8.70. The fraction of sp³-hybridized carbons (Fsp3) is 0.389. The van der Waals surface area contributed by atoms with Gasteiger partial charge in [0.1, 0.15) is 6.61 Å². The van der Waals surface area contributed by atoms with Gasteiger partial charge in [0.05, 0.1) is 24.6 Å². The number of carbonyl (C=O) groups excluding carboxylic acids is 1. The third-order valence-corrected chi connectivity index (χ3v) is 4.66. The van der Waals surface area contributed by atoms with Crippen LogP contribution < -0.4 is 14.8 Å². The Morgan fingerprint density at radius 2 is 2.00 bits per heavy atom. The molecule has 1 heterocycles. The summed E-state index contributed by atoms with van der Waals surface area (Å²) in [6.07, 6.45) is 0. The summed E-state index contributed by atoms with van der Waals surface area (Å²) in [5, 5.41) is 4.94. The molecule has 1 unspecified atom stereocenters. The molecule has 6 heteroatoms. The summed E-state index contributed by atoms with van der Waals surface area (Å²) in [7, 11) is 3.23. The van der Waals surface area contributed by atoms with Gasteiger partial charge in [0.25, 0.3) is 5.91 Å². The molecule has 0 aliphatic carbocycles. The highest BCUT2D eigenvalue weighted by Crippen LogP contribution is 2.30. The molecule has 0 bridgehead atoms. The van der Waals surface area contributed by atoms with Crippen molar-refractivity contribution in [2.45, 2.75) is 19.9 Å². The van der Waals surface area contributed by atoms with E-state index in [1.54, 1.807) is 14.2 Å². The van der Waals surface area contributed by atoms with Crippen molar-refractivity contribution in [2.75, 3.05) is 27.4 Å². The lowest BCUT2D eigenvalue weighted by atomic mass is 10.1. The van der Waals surface area contributed by atoms with E-state index >= 15 is 0 Å². The zero-order valence-corrected chi connectivity index (χ0v) is 15.2. The number of hydrogen-bond donors (Lipinski definition) is 1. The number of aryl methyl sites for hydroxylation is 1. The molecule has 1 atom stereocenters. The lowest BCUT2D eigenvalue weighted by Gasteiger charge is -2.17. The summed E-state index contributed by atoms with van der Waals surface area (Å²) in [6.45, 7) is 4.85. The van der Waals surface area contributed by atoms with Crippen molar-refractivity contribution in [3.05, 3.63) is 45.6 Å². The zero-order chi connectivity index (χ0) is 17.5. The molecular formula is C18H23NO4S. The summed E-state index contributed by atoms with van der Waals surface area (Å²) in [4.78, 5) is 13.1. The van der Waals surface area contributed by atoms with Crippen molar-refractivity contribution in [1.29, 1.82) is 0 Å². The topological polar surface area (TPSA) is 56.8 Å². The van der Waals surface area contributed by atoms with Crippen LogP contribution in [-0.4, -0.2) is 33.3 Å². The molecule has 0 aliphatic heterocycles. The van der Waals surface area contributed by atoms with Gasteiger partial charge in [0.2, 0.25) is 0 Å². The monoisotopic (exact) mass is 349 g/mol. The molecule has 5 nitrogen and oxygen atoms in total. The Labute approximate surface area is 146 Å². The van der Waals surface area contributed by atoms with Crippen LogP contribution in [0.15, 0.2) is 29.6 Å². The Morgan fingerprint density at radius 3 is 2.62 bits per heavy atom. The minimum absolute atomic E-state index is 0.0608. The quantitative estimate of drug-likeness (QED) is 0.740. The van der Waals surface area contributed by atoms with Crippen LogP contribution in [0.2, 0.25) is 0 Å². The van der Waals surface area contributed by atoms with Gasteiger partial charge in [-0.3, -0.25) is 4.79 Å². The first-order chi connectivity index (χ1) is 11.6. The van der Waals surface area contributed by atoms with Crippen LogP contribution in [0.5, 0.6) is 11.5 Å². The minimum atomic E-state index is -0.138. The third-order valence-electron chi connectivity index (χ3n) is 3.65. The van der Waals surface area contributed by atoms with Crippen molar-refractivity contribution in [1.82, 2.24) is 5.32 Å². The van der Waals surface area contributed by atoms with Crippen molar-refractivity contribution >= 4 is 17.2 Å². The SMILES string of the molecule is COCCOc1ccc(C(C)NC(=O)c2sccc2C)cc1OC. The van der Waals surface area contributed by atoms with E-state index in [2.05, 4.69) is 5.32 Å². The predicted octanol–water partition coefficient (Wildman–Crippen LogP) is 3.58. The number of carbonyl (C=O) groups is 1. The van der Waals surface area contributed by atoms with Gasteiger partial charge >= 0.3 is 0 Å². The van der Waals surface area contributed by atoms with Gasteiger partial charge in [0, 0.05) is 7.11 Å². The molecule has 2 rings (SSSR count). The van der Waals surface area contributed by atoms with Gasteiger partial charge in [0.15, 0.2) is 11.5 Å². The normalized spacial score (nSPS) is 11.8. The van der Waals surface area contributed by atoms with Gasteiger partial charge in [-0.1, -0.05) is 6.07 Å². The van der Waals surface area contributed by atoms with E-state index in [9.17, 15) is 4.79 Å². The first kappa shape index (κ1) is 18.3. The molecule has 130 valence electrons. The number of hydrogen-bond acceptors (Lipinski definition) is 5. The van der Waals surface area contributed by atoms with Crippen LogP contribution in [0.4, 0.5) is 0 Å². The Kier molecular flexibility index (Phi) is 6.63. The van der Waals surface area contributed by atoms with Crippen LogP contribution in [0, 0.1) is 6.92 Å². The number of thiophene rings is 1. The second-order valence-electron chi connectivity index (χ2n) is 5.38. The molecule has 0 saturated carbocycles. The number of rotatable bonds is 8. The molecule has 0 fully saturated rings. The molecule has 0 radical (unpaired) electrons. The maximum absolute atomic E-state index is 12.3. The molecule has 2 aromatic rings. The van der Waals surface area contributed by atoms with Gasteiger partial charge in [-0.05, 0) is 48.6 Å². The molecule has 1 aromatic heterocycles. The molecule has 0 saturated heterocycles. The molecule has 0 aliphatic rings. The fourth-order valence-electron chi connectivity index (χ4n) is 2.26. The molecule has 1 aromatic carbocycles. The number of ether oxygens (including phenoxy) is 3. The summed E-state index contributed by atoms with van der Waals surface area (Å²) in [5.74, 6) is 1.23. The third kappa shape index (κ3) is 4.49. The Hall–Kier alpha value is -2.05. The van der Waals surface area contributed by atoms with Crippen LogP contribution in [0.3, 0.4) is 0 Å². The van der Waals surface area contributed by atoms with E-state index in [1.807, 2.05) is 43.5 Å². The van der Waals surface area contributed by atoms with Gasteiger partial charge in [-0.15, -0.1) is 11.3 Å². The van der Waals surface area contributed by atoms with Gasteiger partial charge < -0.3 is 19.5 Å². The first-order valence-electron chi connectivity index (χ1n) is 7.71. The Bertz CT molecular complexity index is 683. The lowest BCUT2D eigenvalue weighted by molar-refractivity contribution is 0.0943. The number of nitrogens with one attached hydrogen (secondary N) is 1. The van der Waals surface area contributed by atoms with Gasteiger partial charge in [-0.2, -0.15) is 0 Å². The Morgan fingerprint density at radius 1 is 1.21 bits per heavy atom. The van der Waals surface area contributed by atoms with E-state index in [0.717, 1.165) is 16.0 Å². The second-order valence-corrected chi connectivity index (χ2v) is 6.30. The summed E-state index contributed by atoms with van der Waals surface area (Å²) in [5.41, 5.74) is 1.94. The fourth-order valence-corrected chi connectivity index (χ4v) is 3.09. The van der Waals surface area contributed by atoms with E-state index in [1.165, 1.54) is 11.3 Å². The molecule has 0 spiro atoms. The lowest BCUT2D eigenvalue weighted by Crippen LogP contribution is -2.26. The van der Waals surface area contributed by atoms with E-state index in [0.29, 0.717) is 24.7 Å². The molecule has 1 N–H and O–H groups in total. The average molecular weight is 349 g/mol. The number of methoxy groups -OCH3 is 2. The van der Waals surface area contributed by atoms with E-state index < -0.39 is 0 Å². The van der Waals surface area contributed by atoms with Crippen LogP contribution in [0.25, 0.3) is 0 Å². The van der Waals surface area contributed by atoms with Gasteiger partial charge in [-0.25, -0.2) is 0 Å². The highest BCUT2D eigenvalue weighted by molar-refractivity contribution is 7.12. The zero-order valence-electron chi connectivity index (χ0n) is 14.4. The average Bonchev–Trinajstić information content (AvgIpc) is 3.01. The maximum atomic E-state index is 12.3. The minimum Gasteiger partial charge on any atom is -0.493 e. The smallest absolute Gasteiger partial charge is 0.262 e. The molecule has 1 amide bonds. The largest absolute Gasteiger partial charge is 0.493 e. The van der Waals surface area contributed by atoms with Crippen molar-refractivity contribution in [2.24, 2.45) is 0 Å². The van der Waals surface area contributed by atoms with Crippen LogP contribution >= 0.6 is 11.3 Å². The van der Waals surface area contributed by atoms with E-state index in [4.69, 9.17) is 14.2 Å². The first-order valence-corrected chi connectivity index (χ1v) is 8.59. The summed E-state index contributed by atoms with van der Waals surface area (Å²) in [6, 6.07) is 7.47. The predicted molar refractivity (Wildman–Crippen MR) is 95.3 cm³/mol. The van der Waals surface area contributed by atoms with Crippen molar-refractivity contribution < 1.29 is 19.0 Å². The molecular weight excluding hydrogens is 326 g/mol.